The van der Waals surface area contributed by atoms with Crippen LogP contribution in [0.25, 0.3) is 0 Å². The molecule has 3 heteroatoms. The van der Waals surface area contributed by atoms with Gasteiger partial charge in [0, 0.05) is 12.5 Å². The van der Waals surface area contributed by atoms with Crippen LogP contribution in [0, 0.1) is 23.6 Å². The Morgan fingerprint density at radius 3 is 2.50 bits per heavy atom. The van der Waals surface area contributed by atoms with Crippen molar-refractivity contribution >= 4 is 5.91 Å². The number of hydrogen-bond donors (Lipinski definition) is 1. The second-order valence-electron chi connectivity index (χ2n) is 5.59. The number of rotatable bonds is 4. The third-order valence-corrected chi connectivity index (χ3v) is 4.24. The van der Waals surface area contributed by atoms with Crippen molar-refractivity contribution in [3.05, 3.63) is 35.6 Å². The highest BCUT2D eigenvalue weighted by Crippen LogP contribution is 2.54. The molecule has 0 aromatic heterocycles. The number of nitrogens with one attached hydrogen (secondary N) is 1. The SMILES string of the molecule is O=C(NCCc1ccc(F)cc1)C1CC2CC2C1. The average molecular weight is 247 g/mol. The van der Waals surface area contributed by atoms with Crippen molar-refractivity contribution in [1.29, 1.82) is 0 Å². The van der Waals surface area contributed by atoms with Gasteiger partial charge in [0.05, 0.1) is 0 Å². The Labute approximate surface area is 107 Å². The first-order valence-corrected chi connectivity index (χ1v) is 6.74. The lowest BCUT2D eigenvalue weighted by atomic mass is 10.0. The van der Waals surface area contributed by atoms with Crippen LogP contribution in [0.4, 0.5) is 4.39 Å². The summed E-state index contributed by atoms with van der Waals surface area (Å²) in [4.78, 5) is 11.9. The van der Waals surface area contributed by atoms with Crippen molar-refractivity contribution < 1.29 is 9.18 Å². The van der Waals surface area contributed by atoms with E-state index in [0.29, 0.717) is 6.54 Å². The van der Waals surface area contributed by atoms with Crippen LogP contribution >= 0.6 is 0 Å². The number of benzene rings is 1. The number of halogens is 1. The van der Waals surface area contributed by atoms with Crippen LogP contribution in [0.3, 0.4) is 0 Å². The van der Waals surface area contributed by atoms with Gasteiger partial charge in [0.2, 0.25) is 5.91 Å². The van der Waals surface area contributed by atoms with Crippen molar-refractivity contribution in [3.63, 3.8) is 0 Å². The molecule has 2 aliphatic carbocycles. The molecule has 2 unspecified atom stereocenters. The summed E-state index contributed by atoms with van der Waals surface area (Å²) >= 11 is 0. The topological polar surface area (TPSA) is 29.1 Å². The van der Waals surface area contributed by atoms with Crippen LogP contribution in [0.2, 0.25) is 0 Å². The lowest BCUT2D eigenvalue weighted by Crippen LogP contribution is -2.31. The van der Waals surface area contributed by atoms with E-state index in [1.165, 1.54) is 18.6 Å². The number of carbonyl (C=O) groups excluding carboxylic acids is 1. The molecule has 1 amide bonds. The average Bonchev–Trinajstić information content (AvgIpc) is 2.98. The molecule has 0 radical (unpaired) electrons. The molecule has 1 aromatic rings. The quantitative estimate of drug-likeness (QED) is 0.870. The number of fused-ring (bicyclic) bond motifs is 1. The highest BCUT2D eigenvalue weighted by molar-refractivity contribution is 5.79. The van der Waals surface area contributed by atoms with Crippen molar-refractivity contribution in [3.8, 4) is 0 Å². The molecule has 2 fully saturated rings. The predicted molar refractivity (Wildman–Crippen MR) is 67.4 cm³/mol. The fourth-order valence-corrected chi connectivity index (χ4v) is 3.05. The maximum absolute atomic E-state index is 12.7. The summed E-state index contributed by atoms with van der Waals surface area (Å²) in [5, 5.41) is 3.00. The molecule has 2 aliphatic rings. The molecule has 2 saturated carbocycles. The number of carbonyl (C=O) groups is 1. The van der Waals surface area contributed by atoms with Gasteiger partial charge in [-0.25, -0.2) is 4.39 Å². The van der Waals surface area contributed by atoms with Crippen LogP contribution in [-0.2, 0) is 11.2 Å². The summed E-state index contributed by atoms with van der Waals surface area (Å²) in [7, 11) is 0. The molecule has 1 aromatic carbocycles. The van der Waals surface area contributed by atoms with Crippen molar-refractivity contribution in [2.75, 3.05) is 6.54 Å². The first kappa shape index (κ1) is 11.7. The lowest BCUT2D eigenvalue weighted by Gasteiger charge is -2.12. The molecule has 96 valence electrons. The Balaban J connectivity index is 1.41. The predicted octanol–water partition coefficient (Wildman–Crippen LogP) is 2.53. The largest absolute Gasteiger partial charge is 0.356 e. The molecule has 3 rings (SSSR count). The Bertz CT molecular complexity index is 432. The zero-order chi connectivity index (χ0) is 12.5. The normalized spacial score (nSPS) is 28.8. The molecule has 0 spiro atoms. The molecule has 0 heterocycles. The monoisotopic (exact) mass is 247 g/mol. The van der Waals surface area contributed by atoms with E-state index >= 15 is 0 Å². The molecular formula is C15H18FNO. The summed E-state index contributed by atoms with van der Waals surface area (Å²) in [5.41, 5.74) is 1.06. The van der Waals surface area contributed by atoms with Gasteiger partial charge in [-0.1, -0.05) is 12.1 Å². The Morgan fingerprint density at radius 2 is 1.83 bits per heavy atom. The van der Waals surface area contributed by atoms with E-state index in [9.17, 15) is 9.18 Å². The van der Waals surface area contributed by atoms with Gasteiger partial charge in [-0.2, -0.15) is 0 Å². The highest BCUT2D eigenvalue weighted by Gasteiger charge is 2.47. The van der Waals surface area contributed by atoms with E-state index in [2.05, 4.69) is 5.32 Å². The molecule has 0 aliphatic heterocycles. The molecule has 0 bridgehead atoms. The van der Waals surface area contributed by atoms with E-state index in [1.54, 1.807) is 12.1 Å². The van der Waals surface area contributed by atoms with E-state index < -0.39 is 0 Å². The van der Waals surface area contributed by atoms with Crippen molar-refractivity contribution in [2.45, 2.75) is 25.7 Å². The van der Waals surface area contributed by atoms with Gasteiger partial charge >= 0.3 is 0 Å². The Kier molecular flexibility index (Phi) is 3.06. The van der Waals surface area contributed by atoms with Crippen LogP contribution in [0.15, 0.2) is 24.3 Å². The molecule has 2 atom stereocenters. The second kappa shape index (κ2) is 4.71. The summed E-state index contributed by atoms with van der Waals surface area (Å²) in [6.45, 7) is 0.649. The van der Waals surface area contributed by atoms with Gasteiger partial charge < -0.3 is 5.32 Å². The van der Waals surface area contributed by atoms with E-state index in [1.807, 2.05) is 0 Å². The van der Waals surface area contributed by atoms with E-state index in [4.69, 9.17) is 0 Å². The van der Waals surface area contributed by atoms with Gasteiger partial charge in [0.25, 0.3) is 0 Å². The number of amides is 1. The molecule has 2 nitrogen and oxygen atoms in total. The Morgan fingerprint density at radius 1 is 1.17 bits per heavy atom. The number of hydrogen-bond acceptors (Lipinski definition) is 1. The fourth-order valence-electron chi connectivity index (χ4n) is 3.05. The minimum Gasteiger partial charge on any atom is -0.356 e. The van der Waals surface area contributed by atoms with Crippen LogP contribution < -0.4 is 5.32 Å². The van der Waals surface area contributed by atoms with Gasteiger partial charge in [-0.15, -0.1) is 0 Å². The van der Waals surface area contributed by atoms with Gasteiger partial charge in [-0.3, -0.25) is 4.79 Å². The maximum atomic E-state index is 12.7. The zero-order valence-corrected chi connectivity index (χ0v) is 10.4. The smallest absolute Gasteiger partial charge is 0.223 e. The minimum absolute atomic E-state index is 0.212. The van der Waals surface area contributed by atoms with Crippen molar-refractivity contribution in [1.82, 2.24) is 5.32 Å². The zero-order valence-electron chi connectivity index (χ0n) is 10.4. The first-order valence-electron chi connectivity index (χ1n) is 6.74. The highest BCUT2D eigenvalue weighted by atomic mass is 19.1. The summed E-state index contributed by atoms with van der Waals surface area (Å²) in [5.74, 6) is 1.94. The maximum Gasteiger partial charge on any atom is 0.223 e. The van der Waals surface area contributed by atoms with Crippen LogP contribution in [-0.4, -0.2) is 12.5 Å². The van der Waals surface area contributed by atoms with Gasteiger partial charge in [0.15, 0.2) is 0 Å². The molecule has 1 N–H and O–H groups in total. The lowest BCUT2D eigenvalue weighted by molar-refractivity contribution is -0.125. The van der Waals surface area contributed by atoms with Gasteiger partial charge in [0.1, 0.15) is 5.82 Å². The third kappa shape index (κ3) is 2.55. The first-order chi connectivity index (χ1) is 8.72. The van der Waals surface area contributed by atoms with E-state index in [0.717, 1.165) is 36.7 Å². The fraction of sp³-hybridized carbons (Fsp3) is 0.533. The summed E-state index contributed by atoms with van der Waals surface area (Å²) < 4.78 is 12.7. The van der Waals surface area contributed by atoms with Crippen LogP contribution in [0.5, 0.6) is 0 Å². The molecular weight excluding hydrogens is 229 g/mol. The standard InChI is InChI=1S/C15H18FNO/c16-14-3-1-10(2-4-14)5-6-17-15(18)13-8-11-7-12(11)9-13/h1-4,11-13H,5-9H2,(H,17,18). The van der Waals surface area contributed by atoms with Crippen LogP contribution in [0.1, 0.15) is 24.8 Å². The summed E-state index contributed by atoms with van der Waals surface area (Å²) in [6, 6.07) is 6.46. The van der Waals surface area contributed by atoms with Gasteiger partial charge in [-0.05, 0) is 55.2 Å². The Hall–Kier alpha value is -1.38. The molecule has 18 heavy (non-hydrogen) atoms. The third-order valence-electron chi connectivity index (χ3n) is 4.24. The molecule has 0 saturated heterocycles. The minimum atomic E-state index is -0.215. The van der Waals surface area contributed by atoms with E-state index in [-0.39, 0.29) is 17.6 Å². The summed E-state index contributed by atoms with van der Waals surface area (Å²) in [6.07, 6.45) is 4.30. The van der Waals surface area contributed by atoms with Crippen molar-refractivity contribution in [2.24, 2.45) is 17.8 Å². The second-order valence-corrected chi connectivity index (χ2v) is 5.59.